The van der Waals surface area contributed by atoms with Crippen LogP contribution >= 0.6 is 22.9 Å². The monoisotopic (exact) mass is 461 g/mol. The number of ether oxygens (including phenoxy) is 1. The van der Waals surface area contributed by atoms with E-state index < -0.39 is 0 Å². The molecule has 0 atom stereocenters. The van der Waals surface area contributed by atoms with E-state index in [1.165, 1.54) is 0 Å². The Morgan fingerprint density at radius 3 is 2.88 bits per heavy atom. The van der Waals surface area contributed by atoms with Gasteiger partial charge in [0, 0.05) is 11.1 Å². The average Bonchev–Trinajstić information content (AvgIpc) is 3.48. The molecule has 0 radical (unpaired) electrons. The normalized spacial score (nSPS) is 11.7. The molecule has 0 N–H and O–H groups in total. The summed E-state index contributed by atoms with van der Waals surface area (Å²) in [7, 11) is 0. The number of furan rings is 1. The first-order valence-corrected chi connectivity index (χ1v) is 11.1. The van der Waals surface area contributed by atoms with E-state index in [9.17, 15) is 0 Å². The lowest BCUT2D eigenvalue weighted by Gasteiger charge is -2.05. The van der Waals surface area contributed by atoms with Crippen LogP contribution in [0.25, 0.3) is 37.7 Å². The lowest BCUT2D eigenvalue weighted by Crippen LogP contribution is -1.94. The lowest BCUT2D eigenvalue weighted by molar-refractivity contribution is 0.272. The van der Waals surface area contributed by atoms with E-state index in [-0.39, 0.29) is 6.61 Å². The molecule has 6 rings (SSSR count). The highest BCUT2D eigenvalue weighted by molar-refractivity contribution is 7.26. The standard InChI is InChI=1S/C23H16ClN5O2S/c1-12-9-13(2)26-23-18(12)19-20(32-23)22-27-21(28-29(22)11-25-19)17-8-7-14(31-17)10-30-16-6-4-3-5-15(16)24/h3-9,11H,10H2,1-2H3. The molecule has 0 amide bonds. The molecule has 0 bridgehead atoms. The molecule has 32 heavy (non-hydrogen) atoms. The Kier molecular flexibility index (Phi) is 4.38. The van der Waals surface area contributed by atoms with Crippen molar-refractivity contribution in [2.24, 2.45) is 0 Å². The minimum absolute atomic E-state index is 0.253. The van der Waals surface area contributed by atoms with Crippen LogP contribution in [0.3, 0.4) is 0 Å². The minimum atomic E-state index is 0.253. The van der Waals surface area contributed by atoms with Gasteiger partial charge in [0.1, 0.15) is 34.0 Å². The van der Waals surface area contributed by atoms with Gasteiger partial charge in [0.05, 0.1) is 10.5 Å². The van der Waals surface area contributed by atoms with Gasteiger partial charge in [-0.1, -0.05) is 23.7 Å². The average molecular weight is 462 g/mol. The Morgan fingerprint density at radius 1 is 1.12 bits per heavy atom. The van der Waals surface area contributed by atoms with Crippen molar-refractivity contribution in [3.05, 3.63) is 70.8 Å². The number of rotatable bonds is 4. The van der Waals surface area contributed by atoms with E-state index in [2.05, 4.69) is 28.1 Å². The Balaban J connectivity index is 1.37. The first kappa shape index (κ1) is 19.2. The maximum absolute atomic E-state index is 6.14. The molecule has 9 heteroatoms. The highest BCUT2D eigenvalue weighted by atomic mass is 35.5. The SMILES string of the molecule is Cc1cc(C)c2c(n1)sc1c2ncn2nc(-c3ccc(COc4ccccc4Cl)o3)nc12. The zero-order chi connectivity index (χ0) is 21.8. The van der Waals surface area contributed by atoms with E-state index in [0.29, 0.717) is 28.1 Å². The second kappa shape index (κ2) is 7.29. The zero-order valence-corrected chi connectivity index (χ0v) is 18.7. The summed E-state index contributed by atoms with van der Waals surface area (Å²) >= 11 is 7.72. The van der Waals surface area contributed by atoms with E-state index in [0.717, 1.165) is 37.3 Å². The highest BCUT2D eigenvalue weighted by Gasteiger charge is 2.18. The maximum Gasteiger partial charge on any atom is 0.218 e. The Labute approximate surface area is 191 Å². The van der Waals surface area contributed by atoms with Crippen molar-refractivity contribution in [1.82, 2.24) is 24.6 Å². The molecule has 0 spiro atoms. The molecular formula is C23H16ClN5O2S. The van der Waals surface area contributed by atoms with Gasteiger partial charge in [-0.15, -0.1) is 16.4 Å². The van der Waals surface area contributed by atoms with E-state index in [4.69, 9.17) is 25.7 Å². The topological polar surface area (TPSA) is 78.3 Å². The number of pyridine rings is 1. The summed E-state index contributed by atoms with van der Waals surface area (Å²) in [6, 6.07) is 13.1. The fourth-order valence-electron chi connectivity index (χ4n) is 3.76. The minimum Gasteiger partial charge on any atom is -0.484 e. The predicted octanol–water partition coefficient (Wildman–Crippen LogP) is 6.00. The smallest absolute Gasteiger partial charge is 0.218 e. The zero-order valence-electron chi connectivity index (χ0n) is 17.2. The van der Waals surface area contributed by atoms with Crippen LogP contribution in [0.2, 0.25) is 5.02 Å². The summed E-state index contributed by atoms with van der Waals surface area (Å²) in [5, 5.41) is 6.19. The summed E-state index contributed by atoms with van der Waals surface area (Å²) in [6.45, 7) is 4.34. The molecule has 0 saturated heterocycles. The molecule has 5 aromatic heterocycles. The number of nitrogens with zero attached hydrogens (tertiary/aromatic N) is 5. The summed E-state index contributed by atoms with van der Waals surface area (Å²) in [5.74, 6) is 2.31. The van der Waals surface area contributed by atoms with Crippen molar-refractivity contribution < 1.29 is 9.15 Å². The van der Waals surface area contributed by atoms with Crippen molar-refractivity contribution in [3.63, 3.8) is 0 Å². The molecule has 6 aromatic rings. The number of thiophene rings is 1. The largest absolute Gasteiger partial charge is 0.484 e. The van der Waals surface area contributed by atoms with E-state index in [1.807, 2.05) is 37.3 Å². The van der Waals surface area contributed by atoms with Gasteiger partial charge >= 0.3 is 0 Å². The van der Waals surface area contributed by atoms with Gasteiger partial charge in [-0.25, -0.2) is 19.5 Å². The van der Waals surface area contributed by atoms with Crippen LogP contribution < -0.4 is 4.74 Å². The number of aromatic nitrogens is 5. The molecule has 0 aliphatic carbocycles. The first-order valence-electron chi connectivity index (χ1n) is 9.95. The Hall–Kier alpha value is -3.49. The van der Waals surface area contributed by atoms with Gasteiger partial charge in [-0.2, -0.15) is 0 Å². The Morgan fingerprint density at radius 2 is 2.00 bits per heavy atom. The molecule has 7 nitrogen and oxygen atoms in total. The third-order valence-corrected chi connectivity index (χ3v) is 6.56. The number of fused-ring (bicyclic) bond motifs is 5. The second-order valence-electron chi connectivity index (χ2n) is 7.47. The fourth-order valence-corrected chi connectivity index (χ4v) is 5.17. The Bertz CT molecular complexity index is 1630. The summed E-state index contributed by atoms with van der Waals surface area (Å²) in [6.07, 6.45) is 1.68. The second-order valence-corrected chi connectivity index (χ2v) is 8.88. The number of hydrogen-bond donors (Lipinski definition) is 0. The molecule has 0 aliphatic heterocycles. The predicted molar refractivity (Wildman–Crippen MR) is 124 cm³/mol. The summed E-state index contributed by atoms with van der Waals surface area (Å²) in [5.41, 5.74) is 3.77. The van der Waals surface area contributed by atoms with Gasteiger partial charge in [0.15, 0.2) is 11.4 Å². The van der Waals surface area contributed by atoms with Crippen LogP contribution in [0.4, 0.5) is 0 Å². The molecule has 5 heterocycles. The van der Waals surface area contributed by atoms with Crippen LogP contribution in [0.15, 0.2) is 53.2 Å². The molecule has 0 saturated carbocycles. The molecular weight excluding hydrogens is 446 g/mol. The number of aryl methyl sites for hydroxylation is 2. The van der Waals surface area contributed by atoms with Crippen LogP contribution in [-0.4, -0.2) is 24.6 Å². The molecule has 158 valence electrons. The molecule has 0 fully saturated rings. The van der Waals surface area contributed by atoms with Gasteiger partial charge in [-0.3, -0.25) is 0 Å². The third-order valence-electron chi connectivity index (χ3n) is 5.18. The van der Waals surface area contributed by atoms with Crippen molar-refractivity contribution in [3.8, 4) is 17.3 Å². The number of halogens is 1. The van der Waals surface area contributed by atoms with Crippen molar-refractivity contribution in [1.29, 1.82) is 0 Å². The van der Waals surface area contributed by atoms with Gasteiger partial charge in [0.2, 0.25) is 5.82 Å². The van der Waals surface area contributed by atoms with Crippen LogP contribution in [-0.2, 0) is 6.61 Å². The summed E-state index contributed by atoms with van der Waals surface area (Å²) in [4.78, 5) is 15.0. The molecule has 1 aromatic carbocycles. The number of hydrogen-bond acceptors (Lipinski definition) is 7. The highest BCUT2D eigenvalue weighted by Crippen LogP contribution is 2.36. The van der Waals surface area contributed by atoms with E-state index in [1.54, 1.807) is 28.2 Å². The maximum atomic E-state index is 6.14. The van der Waals surface area contributed by atoms with Gasteiger partial charge in [-0.05, 0) is 49.7 Å². The first-order chi connectivity index (χ1) is 15.6. The van der Waals surface area contributed by atoms with Crippen molar-refractivity contribution in [2.75, 3.05) is 0 Å². The lowest BCUT2D eigenvalue weighted by atomic mass is 10.1. The van der Waals surface area contributed by atoms with Crippen LogP contribution in [0, 0.1) is 13.8 Å². The van der Waals surface area contributed by atoms with Gasteiger partial charge in [0.25, 0.3) is 0 Å². The van der Waals surface area contributed by atoms with Crippen LogP contribution in [0.5, 0.6) is 5.75 Å². The van der Waals surface area contributed by atoms with Gasteiger partial charge < -0.3 is 9.15 Å². The van der Waals surface area contributed by atoms with Crippen molar-refractivity contribution >= 4 is 49.0 Å². The number of benzene rings is 1. The number of para-hydroxylation sites is 1. The third kappa shape index (κ3) is 3.11. The quantitative estimate of drug-likeness (QED) is 0.320. The summed E-state index contributed by atoms with van der Waals surface area (Å²) < 4.78 is 14.3. The molecule has 0 aliphatic rings. The fraction of sp³-hybridized carbons (Fsp3) is 0.130. The van der Waals surface area contributed by atoms with E-state index >= 15 is 0 Å². The van der Waals surface area contributed by atoms with Crippen LogP contribution in [0.1, 0.15) is 17.0 Å². The molecule has 0 unspecified atom stereocenters. The van der Waals surface area contributed by atoms with Crippen molar-refractivity contribution in [2.45, 2.75) is 20.5 Å².